The lowest BCUT2D eigenvalue weighted by atomic mass is 9.85. The Bertz CT molecular complexity index is 494. The molecule has 1 saturated carbocycles. The summed E-state index contributed by atoms with van der Waals surface area (Å²) in [5.74, 6) is 1.57. The fraction of sp³-hybridized carbons (Fsp3) is 0.625. The number of hydrogen-bond donors (Lipinski definition) is 2. The maximum atomic E-state index is 12.1. The minimum absolute atomic E-state index is 0.126. The van der Waals surface area contributed by atoms with Gasteiger partial charge >= 0.3 is 0 Å². The van der Waals surface area contributed by atoms with Crippen LogP contribution in [-0.2, 0) is 4.79 Å². The highest BCUT2D eigenvalue weighted by atomic mass is 16.3. The van der Waals surface area contributed by atoms with Crippen LogP contribution in [0.3, 0.4) is 0 Å². The Morgan fingerprint density at radius 3 is 2.71 bits per heavy atom. The first kappa shape index (κ1) is 14.3. The average Bonchev–Trinajstić information content (AvgIpc) is 2.46. The Kier molecular flexibility index (Phi) is 4.39. The maximum absolute atomic E-state index is 12.1. The van der Waals surface area contributed by atoms with Crippen LogP contribution in [0.15, 0.2) is 18.3 Å². The number of carbonyl (C=O) groups excluding carboxylic acids is 1. The number of piperidine rings is 1. The van der Waals surface area contributed by atoms with Crippen molar-refractivity contribution in [2.45, 2.75) is 32.1 Å². The molecule has 1 saturated heterocycles. The van der Waals surface area contributed by atoms with Crippen molar-refractivity contribution in [3.63, 3.8) is 0 Å². The number of hydrogen-bond acceptors (Lipinski definition) is 4. The predicted molar refractivity (Wildman–Crippen MR) is 82.2 cm³/mol. The predicted octanol–water partition coefficient (Wildman–Crippen LogP) is 2.03. The van der Waals surface area contributed by atoms with E-state index in [1.807, 2.05) is 12.1 Å². The zero-order valence-electron chi connectivity index (χ0n) is 12.3. The summed E-state index contributed by atoms with van der Waals surface area (Å²) >= 11 is 0. The summed E-state index contributed by atoms with van der Waals surface area (Å²) in [5.41, 5.74) is 0.817. The molecule has 0 atom stereocenters. The Morgan fingerprint density at radius 2 is 2.10 bits per heavy atom. The first-order valence-electron chi connectivity index (χ1n) is 7.89. The van der Waals surface area contributed by atoms with E-state index in [1.54, 1.807) is 6.20 Å². The highest BCUT2D eigenvalue weighted by Crippen LogP contribution is 2.31. The van der Waals surface area contributed by atoms with E-state index in [-0.39, 0.29) is 18.4 Å². The molecule has 5 nitrogen and oxygen atoms in total. The zero-order valence-corrected chi connectivity index (χ0v) is 12.3. The van der Waals surface area contributed by atoms with Crippen LogP contribution in [0, 0.1) is 11.8 Å². The number of carbonyl (C=O) groups is 1. The normalized spacial score (nSPS) is 20.1. The smallest absolute Gasteiger partial charge is 0.227 e. The van der Waals surface area contributed by atoms with Gasteiger partial charge < -0.3 is 15.3 Å². The fourth-order valence-electron chi connectivity index (χ4n) is 2.98. The van der Waals surface area contributed by atoms with Crippen LogP contribution >= 0.6 is 0 Å². The first-order chi connectivity index (χ1) is 10.3. The van der Waals surface area contributed by atoms with Crippen molar-refractivity contribution in [2.75, 3.05) is 29.9 Å². The zero-order chi connectivity index (χ0) is 14.7. The molecule has 0 radical (unpaired) electrons. The Labute approximate surface area is 125 Å². The van der Waals surface area contributed by atoms with Gasteiger partial charge in [-0.25, -0.2) is 4.98 Å². The summed E-state index contributed by atoms with van der Waals surface area (Å²) in [4.78, 5) is 18.8. The second-order valence-electron chi connectivity index (χ2n) is 6.10. The van der Waals surface area contributed by atoms with Crippen molar-refractivity contribution in [3.8, 4) is 0 Å². The van der Waals surface area contributed by atoms with Crippen LogP contribution in [0.25, 0.3) is 0 Å². The van der Waals surface area contributed by atoms with Crippen LogP contribution in [0.4, 0.5) is 11.5 Å². The molecule has 1 aromatic heterocycles. The molecule has 5 heteroatoms. The van der Waals surface area contributed by atoms with Gasteiger partial charge in [0.25, 0.3) is 0 Å². The van der Waals surface area contributed by atoms with Crippen LogP contribution in [0.5, 0.6) is 0 Å². The summed E-state index contributed by atoms with van der Waals surface area (Å²) in [7, 11) is 0. The Hall–Kier alpha value is -1.62. The summed E-state index contributed by atoms with van der Waals surface area (Å²) in [6.07, 6.45) is 6.89. The monoisotopic (exact) mass is 289 g/mol. The average molecular weight is 289 g/mol. The van der Waals surface area contributed by atoms with Crippen molar-refractivity contribution in [1.29, 1.82) is 0 Å². The lowest BCUT2D eigenvalue weighted by Crippen LogP contribution is -2.36. The molecule has 2 N–H and O–H groups in total. The molecule has 1 aliphatic carbocycles. The molecule has 0 spiro atoms. The second kappa shape index (κ2) is 6.43. The van der Waals surface area contributed by atoms with Crippen molar-refractivity contribution < 1.29 is 9.90 Å². The maximum Gasteiger partial charge on any atom is 0.227 e. The molecule has 21 heavy (non-hydrogen) atoms. The van der Waals surface area contributed by atoms with Gasteiger partial charge in [-0.15, -0.1) is 0 Å². The number of amides is 1. The number of aromatic nitrogens is 1. The minimum Gasteiger partial charge on any atom is -0.396 e. The quantitative estimate of drug-likeness (QED) is 0.890. The third-order valence-electron chi connectivity index (χ3n) is 4.69. The van der Waals surface area contributed by atoms with E-state index >= 15 is 0 Å². The largest absolute Gasteiger partial charge is 0.396 e. The van der Waals surface area contributed by atoms with Crippen molar-refractivity contribution in [1.82, 2.24) is 4.98 Å². The molecule has 1 aromatic rings. The van der Waals surface area contributed by atoms with E-state index in [4.69, 9.17) is 0 Å². The van der Waals surface area contributed by atoms with Gasteiger partial charge in [-0.3, -0.25) is 4.79 Å². The van der Waals surface area contributed by atoms with E-state index in [9.17, 15) is 9.90 Å². The van der Waals surface area contributed by atoms with Crippen molar-refractivity contribution >= 4 is 17.4 Å². The molecule has 0 unspecified atom stereocenters. The summed E-state index contributed by atoms with van der Waals surface area (Å²) in [5, 5.41) is 12.3. The molecular formula is C16H23N3O2. The van der Waals surface area contributed by atoms with Gasteiger partial charge in [0.2, 0.25) is 5.91 Å². The van der Waals surface area contributed by atoms with E-state index < -0.39 is 0 Å². The standard InChI is InChI=1S/C16H23N3O2/c20-11-12-6-9-19(10-7-12)15-14(5-2-8-17-15)18-16(21)13-3-1-4-13/h2,5,8,12-13,20H,1,3-4,6-7,9-11H2,(H,18,21). The molecule has 1 amide bonds. The van der Waals surface area contributed by atoms with Gasteiger partial charge in [-0.1, -0.05) is 6.42 Å². The van der Waals surface area contributed by atoms with E-state index in [1.165, 1.54) is 0 Å². The number of nitrogens with zero attached hydrogens (tertiary/aromatic N) is 2. The van der Waals surface area contributed by atoms with Crippen molar-refractivity contribution in [2.24, 2.45) is 11.8 Å². The van der Waals surface area contributed by atoms with E-state index in [0.29, 0.717) is 5.92 Å². The second-order valence-corrected chi connectivity index (χ2v) is 6.10. The summed E-state index contributed by atoms with van der Waals surface area (Å²) in [6.45, 7) is 2.03. The lowest BCUT2D eigenvalue weighted by Gasteiger charge is -2.33. The van der Waals surface area contributed by atoms with Crippen LogP contribution in [0.2, 0.25) is 0 Å². The van der Waals surface area contributed by atoms with E-state index in [2.05, 4.69) is 15.2 Å². The summed E-state index contributed by atoms with van der Waals surface area (Å²) in [6, 6.07) is 3.79. The molecule has 0 bridgehead atoms. The van der Waals surface area contributed by atoms with Crippen LogP contribution in [-0.4, -0.2) is 35.7 Å². The number of pyridine rings is 1. The number of anilines is 2. The number of aliphatic hydroxyl groups excluding tert-OH is 1. The molecule has 3 rings (SSSR count). The number of aliphatic hydroxyl groups is 1. The molecule has 2 fully saturated rings. The van der Waals surface area contributed by atoms with Gasteiger partial charge in [0, 0.05) is 31.8 Å². The lowest BCUT2D eigenvalue weighted by molar-refractivity contribution is -0.122. The Balaban J connectivity index is 1.69. The highest BCUT2D eigenvalue weighted by molar-refractivity contribution is 5.95. The van der Waals surface area contributed by atoms with Gasteiger partial charge in [0.1, 0.15) is 0 Å². The minimum atomic E-state index is 0.126. The Morgan fingerprint density at radius 1 is 1.33 bits per heavy atom. The first-order valence-corrected chi connectivity index (χ1v) is 7.89. The third kappa shape index (κ3) is 3.18. The highest BCUT2D eigenvalue weighted by Gasteiger charge is 2.27. The SMILES string of the molecule is O=C(Nc1cccnc1N1CCC(CO)CC1)C1CCC1. The molecule has 1 aliphatic heterocycles. The van der Waals surface area contributed by atoms with Crippen LogP contribution in [0.1, 0.15) is 32.1 Å². The molecule has 114 valence electrons. The van der Waals surface area contributed by atoms with Gasteiger partial charge in [0.05, 0.1) is 5.69 Å². The summed E-state index contributed by atoms with van der Waals surface area (Å²) < 4.78 is 0. The molecular weight excluding hydrogens is 266 g/mol. The van der Waals surface area contributed by atoms with Gasteiger partial charge in [-0.05, 0) is 43.7 Å². The third-order valence-corrected chi connectivity index (χ3v) is 4.69. The van der Waals surface area contributed by atoms with Crippen LogP contribution < -0.4 is 10.2 Å². The van der Waals surface area contributed by atoms with Crippen molar-refractivity contribution in [3.05, 3.63) is 18.3 Å². The molecule has 2 aliphatic rings. The molecule has 2 heterocycles. The van der Waals surface area contributed by atoms with Gasteiger partial charge in [-0.2, -0.15) is 0 Å². The fourth-order valence-corrected chi connectivity index (χ4v) is 2.98. The number of rotatable bonds is 4. The molecule has 0 aromatic carbocycles. The number of nitrogens with one attached hydrogen (secondary N) is 1. The topological polar surface area (TPSA) is 65.5 Å². The van der Waals surface area contributed by atoms with E-state index in [0.717, 1.165) is 56.7 Å². The van der Waals surface area contributed by atoms with Gasteiger partial charge in [0.15, 0.2) is 5.82 Å².